The monoisotopic (exact) mass is 287 g/mol. The molecule has 4 nitrogen and oxygen atoms in total. The molecule has 2 rings (SSSR count). The molecule has 112 valence electrons. The van der Waals surface area contributed by atoms with Gasteiger partial charge in [0.2, 0.25) is 0 Å². The first-order valence-corrected chi connectivity index (χ1v) is 6.95. The summed E-state index contributed by atoms with van der Waals surface area (Å²) in [5.41, 5.74) is 8.03. The van der Waals surface area contributed by atoms with Crippen LogP contribution in [0.4, 0.5) is 0 Å². The Bertz CT molecular complexity index is 557. The Morgan fingerprint density at radius 3 is 2.52 bits per heavy atom. The molecule has 1 unspecified atom stereocenters. The summed E-state index contributed by atoms with van der Waals surface area (Å²) >= 11 is 0. The van der Waals surface area contributed by atoms with Crippen molar-refractivity contribution in [2.75, 3.05) is 13.7 Å². The van der Waals surface area contributed by atoms with E-state index in [9.17, 15) is 0 Å². The van der Waals surface area contributed by atoms with Crippen molar-refractivity contribution in [2.24, 2.45) is 5.73 Å². The fourth-order valence-electron chi connectivity index (χ4n) is 2.08. The maximum atomic E-state index is 8.98. The molecule has 0 aliphatic heterocycles. The van der Waals surface area contributed by atoms with Crippen LogP contribution in [0.1, 0.15) is 23.6 Å². The summed E-state index contributed by atoms with van der Waals surface area (Å²) in [6.07, 6.45) is 0.518. The first kappa shape index (κ1) is 15.4. The van der Waals surface area contributed by atoms with Crippen LogP contribution in [-0.2, 0) is 6.61 Å². The maximum absolute atomic E-state index is 8.98. The minimum absolute atomic E-state index is 0.0629. The summed E-state index contributed by atoms with van der Waals surface area (Å²) in [6, 6.07) is 15.3. The molecule has 4 heteroatoms. The van der Waals surface area contributed by atoms with E-state index in [4.69, 9.17) is 20.3 Å². The average Bonchev–Trinajstić information content (AvgIpc) is 2.54. The molecule has 0 aliphatic rings. The van der Waals surface area contributed by atoms with Crippen LogP contribution in [0.15, 0.2) is 48.5 Å². The molecule has 0 aromatic heterocycles. The number of nitrogens with two attached hydrogens (primary N) is 1. The molecule has 0 saturated carbocycles. The fraction of sp³-hybridized carbons (Fsp3) is 0.294. The molecule has 2 aromatic rings. The van der Waals surface area contributed by atoms with Crippen molar-refractivity contribution in [2.45, 2.75) is 19.1 Å². The predicted molar refractivity (Wildman–Crippen MR) is 82.4 cm³/mol. The molecule has 3 N–H and O–H groups in total. The van der Waals surface area contributed by atoms with Crippen molar-refractivity contribution in [1.82, 2.24) is 0 Å². The molecule has 21 heavy (non-hydrogen) atoms. The summed E-state index contributed by atoms with van der Waals surface area (Å²) in [5, 5.41) is 8.98. The first-order valence-electron chi connectivity index (χ1n) is 6.95. The second kappa shape index (κ2) is 7.67. The van der Waals surface area contributed by atoms with Gasteiger partial charge in [-0.2, -0.15) is 0 Å². The van der Waals surface area contributed by atoms with Crippen molar-refractivity contribution in [1.29, 1.82) is 0 Å². The minimum atomic E-state index is -0.208. The summed E-state index contributed by atoms with van der Waals surface area (Å²) in [4.78, 5) is 0. The Kier molecular flexibility index (Phi) is 5.60. The molecule has 1 atom stereocenters. The quantitative estimate of drug-likeness (QED) is 0.821. The van der Waals surface area contributed by atoms with Crippen LogP contribution >= 0.6 is 0 Å². The zero-order chi connectivity index (χ0) is 15.1. The number of benzene rings is 2. The normalized spacial score (nSPS) is 12.0. The lowest BCUT2D eigenvalue weighted by Gasteiger charge is -2.15. The van der Waals surface area contributed by atoms with E-state index in [0.717, 1.165) is 11.1 Å². The Balaban J connectivity index is 2.14. The molecule has 0 bridgehead atoms. The number of methoxy groups -OCH3 is 1. The van der Waals surface area contributed by atoms with Crippen LogP contribution in [-0.4, -0.2) is 18.8 Å². The van der Waals surface area contributed by atoms with Gasteiger partial charge >= 0.3 is 0 Å². The molecule has 0 spiro atoms. The number of rotatable bonds is 7. The van der Waals surface area contributed by atoms with E-state index in [0.29, 0.717) is 24.5 Å². The van der Waals surface area contributed by atoms with Gasteiger partial charge in [-0.1, -0.05) is 36.4 Å². The second-order valence-electron chi connectivity index (χ2n) is 4.80. The highest BCUT2D eigenvalue weighted by atomic mass is 16.5. The van der Waals surface area contributed by atoms with Crippen molar-refractivity contribution in [3.63, 3.8) is 0 Å². The predicted octanol–water partition coefficient (Wildman–Crippen LogP) is 2.66. The minimum Gasteiger partial charge on any atom is -0.493 e. The highest BCUT2D eigenvalue weighted by Crippen LogP contribution is 2.31. The van der Waals surface area contributed by atoms with Gasteiger partial charge in [0.25, 0.3) is 0 Å². The van der Waals surface area contributed by atoms with E-state index >= 15 is 0 Å². The third-order valence-corrected chi connectivity index (χ3v) is 3.29. The lowest BCUT2D eigenvalue weighted by molar-refractivity contribution is 0.274. The van der Waals surface area contributed by atoms with E-state index in [1.165, 1.54) is 0 Å². The van der Waals surface area contributed by atoms with Crippen LogP contribution in [0.25, 0.3) is 0 Å². The highest BCUT2D eigenvalue weighted by Gasteiger charge is 2.11. The average molecular weight is 287 g/mol. The largest absolute Gasteiger partial charge is 0.493 e. The van der Waals surface area contributed by atoms with Crippen LogP contribution in [0.5, 0.6) is 11.5 Å². The van der Waals surface area contributed by atoms with Crippen LogP contribution in [0.3, 0.4) is 0 Å². The summed E-state index contributed by atoms with van der Waals surface area (Å²) in [5.74, 6) is 1.33. The van der Waals surface area contributed by atoms with Gasteiger partial charge in [-0.05, 0) is 29.7 Å². The molecule has 0 amide bonds. The van der Waals surface area contributed by atoms with E-state index < -0.39 is 0 Å². The number of ether oxygens (including phenoxy) is 2. The van der Waals surface area contributed by atoms with Crippen LogP contribution in [0.2, 0.25) is 0 Å². The van der Waals surface area contributed by atoms with Crippen LogP contribution in [0, 0.1) is 0 Å². The topological polar surface area (TPSA) is 64.7 Å². The molecular formula is C17H21NO3. The molecule has 2 aromatic carbocycles. The molecule has 0 radical (unpaired) electrons. The Morgan fingerprint density at radius 2 is 1.86 bits per heavy atom. The molecule has 0 fully saturated rings. The molecule has 0 aliphatic carbocycles. The summed E-state index contributed by atoms with van der Waals surface area (Å²) in [7, 11) is 1.61. The van der Waals surface area contributed by atoms with Gasteiger partial charge in [0, 0.05) is 12.6 Å². The number of hydrogen-bond acceptors (Lipinski definition) is 4. The zero-order valence-corrected chi connectivity index (χ0v) is 12.2. The lowest BCUT2D eigenvalue weighted by Crippen LogP contribution is -2.12. The van der Waals surface area contributed by atoms with Crippen molar-refractivity contribution >= 4 is 0 Å². The van der Waals surface area contributed by atoms with E-state index in [1.54, 1.807) is 7.11 Å². The fourth-order valence-corrected chi connectivity index (χ4v) is 2.08. The SMILES string of the molecule is COc1ccc(C(N)CCO)cc1OCc1ccccc1. The van der Waals surface area contributed by atoms with Crippen molar-refractivity contribution in [3.05, 3.63) is 59.7 Å². The number of hydrogen-bond donors (Lipinski definition) is 2. The van der Waals surface area contributed by atoms with E-state index in [1.807, 2.05) is 48.5 Å². The van der Waals surface area contributed by atoms with E-state index in [-0.39, 0.29) is 12.6 Å². The van der Waals surface area contributed by atoms with Gasteiger partial charge in [0.15, 0.2) is 11.5 Å². The third-order valence-electron chi connectivity index (χ3n) is 3.29. The van der Waals surface area contributed by atoms with Gasteiger partial charge in [-0.3, -0.25) is 0 Å². The first-order chi connectivity index (χ1) is 10.2. The summed E-state index contributed by atoms with van der Waals surface area (Å²) < 4.78 is 11.2. The Labute approximate surface area is 125 Å². The van der Waals surface area contributed by atoms with Gasteiger partial charge in [0.1, 0.15) is 6.61 Å². The third kappa shape index (κ3) is 4.21. The van der Waals surface area contributed by atoms with Gasteiger partial charge in [-0.15, -0.1) is 0 Å². The highest BCUT2D eigenvalue weighted by molar-refractivity contribution is 5.44. The lowest BCUT2D eigenvalue weighted by atomic mass is 10.0. The van der Waals surface area contributed by atoms with E-state index in [2.05, 4.69) is 0 Å². The zero-order valence-electron chi connectivity index (χ0n) is 12.2. The van der Waals surface area contributed by atoms with Crippen LogP contribution < -0.4 is 15.2 Å². The smallest absolute Gasteiger partial charge is 0.161 e. The standard InChI is InChI=1S/C17H21NO3/c1-20-16-8-7-14(15(18)9-10-19)11-17(16)21-12-13-5-3-2-4-6-13/h2-8,11,15,19H,9-10,12,18H2,1H3. The second-order valence-corrected chi connectivity index (χ2v) is 4.80. The van der Waals surface area contributed by atoms with Gasteiger partial charge in [0.05, 0.1) is 7.11 Å². The van der Waals surface area contributed by atoms with Gasteiger partial charge < -0.3 is 20.3 Å². The molecular weight excluding hydrogens is 266 g/mol. The van der Waals surface area contributed by atoms with Crippen molar-refractivity contribution in [3.8, 4) is 11.5 Å². The summed E-state index contributed by atoms with van der Waals surface area (Å²) in [6.45, 7) is 0.531. The molecule has 0 heterocycles. The number of aliphatic hydroxyl groups excluding tert-OH is 1. The molecule has 0 saturated heterocycles. The van der Waals surface area contributed by atoms with Crippen molar-refractivity contribution < 1.29 is 14.6 Å². The Hall–Kier alpha value is -2.04. The number of aliphatic hydroxyl groups is 1. The van der Waals surface area contributed by atoms with Gasteiger partial charge in [-0.25, -0.2) is 0 Å². The Morgan fingerprint density at radius 1 is 1.10 bits per heavy atom. The maximum Gasteiger partial charge on any atom is 0.161 e.